The predicted molar refractivity (Wildman–Crippen MR) is 73.0 cm³/mol. The largest absolute Gasteiger partial charge is 0.508 e. The molecule has 0 aliphatic heterocycles. The first-order valence-electron chi connectivity index (χ1n) is 6.30. The fraction of sp³-hybridized carbons (Fsp3) is 0.188. The van der Waals surface area contributed by atoms with E-state index in [1.54, 1.807) is 30.3 Å². The molecule has 0 fully saturated rings. The van der Waals surface area contributed by atoms with Crippen LogP contribution in [-0.4, -0.2) is 16.2 Å². The van der Waals surface area contributed by atoms with Gasteiger partial charge in [-0.2, -0.15) is 0 Å². The molecule has 0 spiro atoms. The first-order valence-corrected chi connectivity index (χ1v) is 6.30. The van der Waals surface area contributed by atoms with Crippen LogP contribution in [0.5, 0.6) is 5.75 Å². The summed E-state index contributed by atoms with van der Waals surface area (Å²) < 4.78 is 13.6. The first kappa shape index (κ1) is 14.1. The van der Waals surface area contributed by atoms with Crippen molar-refractivity contribution in [2.24, 2.45) is 5.92 Å². The lowest BCUT2D eigenvalue weighted by molar-refractivity contribution is -0.141. The second-order valence-electron chi connectivity index (χ2n) is 4.70. The maximum Gasteiger partial charge on any atom is 0.307 e. The van der Waals surface area contributed by atoms with Gasteiger partial charge >= 0.3 is 5.97 Å². The van der Waals surface area contributed by atoms with Gasteiger partial charge in [-0.3, -0.25) is 4.79 Å². The van der Waals surface area contributed by atoms with Gasteiger partial charge in [0.2, 0.25) is 0 Å². The van der Waals surface area contributed by atoms with Crippen LogP contribution in [0.15, 0.2) is 48.5 Å². The highest BCUT2D eigenvalue weighted by Crippen LogP contribution is 2.19. The Morgan fingerprint density at radius 2 is 1.70 bits per heavy atom. The molecule has 0 aliphatic carbocycles. The summed E-state index contributed by atoms with van der Waals surface area (Å²) in [5.74, 6) is -1.91. The molecular weight excluding hydrogens is 259 g/mol. The van der Waals surface area contributed by atoms with Crippen molar-refractivity contribution >= 4 is 5.97 Å². The van der Waals surface area contributed by atoms with E-state index in [1.807, 2.05) is 0 Å². The molecule has 4 heteroatoms. The Balaban J connectivity index is 2.14. The van der Waals surface area contributed by atoms with E-state index in [-0.39, 0.29) is 18.0 Å². The Morgan fingerprint density at radius 3 is 2.30 bits per heavy atom. The molecule has 2 aromatic rings. The average Bonchev–Trinajstić information content (AvgIpc) is 2.42. The SMILES string of the molecule is O=C(O)C(Cc1ccc(O)cc1)Cc1ccccc1F. The molecule has 0 saturated carbocycles. The van der Waals surface area contributed by atoms with Gasteiger partial charge < -0.3 is 10.2 Å². The molecule has 2 aromatic carbocycles. The van der Waals surface area contributed by atoms with E-state index in [9.17, 15) is 19.4 Å². The zero-order chi connectivity index (χ0) is 14.5. The van der Waals surface area contributed by atoms with Crippen molar-refractivity contribution in [3.63, 3.8) is 0 Å². The predicted octanol–water partition coefficient (Wildman–Crippen LogP) is 3.02. The number of carboxylic acids is 1. The van der Waals surface area contributed by atoms with Crippen LogP contribution in [0.3, 0.4) is 0 Å². The van der Waals surface area contributed by atoms with Crippen molar-refractivity contribution in [3.05, 3.63) is 65.5 Å². The minimum atomic E-state index is -0.957. The summed E-state index contributed by atoms with van der Waals surface area (Å²) in [7, 11) is 0. The van der Waals surface area contributed by atoms with E-state index >= 15 is 0 Å². The van der Waals surface area contributed by atoms with Crippen LogP contribution in [0.25, 0.3) is 0 Å². The Labute approximate surface area is 116 Å². The second kappa shape index (κ2) is 6.19. The van der Waals surface area contributed by atoms with E-state index < -0.39 is 11.9 Å². The van der Waals surface area contributed by atoms with Gasteiger partial charge in [0.1, 0.15) is 11.6 Å². The number of aliphatic carboxylic acids is 1. The van der Waals surface area contributed by atoms with E-state index in [2.05, 4.69) is 0 Å². The fourth-order valence-corrected chi connectivity index (χ4v) is 2.09. The highest BCUT2D eigenvalue weighted by molar-refractivity contribution is 5.71. The van der Waals surface area contributed by atoms with Crippen LogP contribution >= 0.6 is 0 Å². The molecule has 2 rings (SSSR count). The number of aromatic hydroxyl groups is 1. The number of benzene rings is 2. The monoisotopic (exact) mass is 274 g/mol. The number of carbonyl (C=O) groups is 1. The van der Waals surface area contributed by atoms with Crippen molar-refractivity contribution in [2.75, 3.05) is 0 Å². The summed E-state index contributed by atoms with van der Waals surface area (Å²) in [6.45, 7) is 0. The molecule has 0 aromatic heterocycles. The number of hydrogen-bond acceptors (Lipinski definition) is 2. The third kappa shape index (κ3) is 3.57. The topological polar surface area (TPSA) is 57.5 Å². The quantitative estimate of drug-likeness (QED) is 0.881. The van der Waals surface area contributed by atoms with Crippen molar-refractivity contribution in [1.82, 2.24) is 0 Å². The highest BCUT2D eigenvalue weighted by Gasteiger charge is 2.20. The maximum absolute atomic E-state index is 13.6. The minimum absolute atomic E-state index is 0.134. The van der Waals surface area contributed by atoms with Crippen molar-refractivity contribution in [1.29, 1.82) is 0 Å². The zero-order valence-electron chi connectivity index (χ0n) is 10.8. The van der Waals surface area contributed by atoms with E-state index in [0.717, 1.165) is 5.56 Å². The molecule has 0 saturated heterocycles. The average molecular weight is 274 g/mol. The summed E-state index contributed by atoms with van der Waals surface area (Å²) in [6, 6.07) is 12.6. The lowest BCUT2D eigenvalue weighted by Gasteiger charge is -2.13. The summed E-state index contributed by atoms with van der Waals surface area (Å²) in [6.07, 6.45) is 0.437. The number of hydrogen-bond donors (Lipinski definition) is 2. The second-order valence-corrected chi connectivity index (χ2v) is 4.70. The Bertz CT molecular complexity index is 593. The molecular formula is C16H15FO3. The molecule has 20 heavy (non-hydrogen) atoms. The molecule has 0 bridgehead atoms. The molecule has 3 nitrogen and oxygen atoms in total. The lowest BCUT2D eigenvalue weighted by Crippen LogP contribution is -2.19. The Hall–Kier alpha value is -2.36. The maximum atomic E-state index is 13.6. The van der Waals surface area contributed by atoms with Crippen molar-refractivity contribution in [2.45, 2.75) is 12.8 Å². The van der Waals surface area contributed by atoms with Crippen molar-refractivity contribution in [3.8, 4) is 5.75 Å². The molecule has 1 atom stereocenters. The van der Waals surface area contributed by atoms with Gasteiger partial charge in [-0.05, 0) is 42.2 Å². The molecule has 1 unspecified atom stereocenters. The van der Waals surface area contributed by atoms with Crippen LogP contribution in [0.1, 0.15) is 11.1 Å². The molecule has 0 aliphatic rings. The number of rotatable bonds is 5. The number of phenolic OH excluding ortho intramolecular Hbond substituents is 1. The normalized spacial score (nSPS) is 12.1. The number of halogens is 1. The van der Waals surface area contributed by atoms with Crippen LogP contribution < -0.4 is 0 Å². The smallest absolute Gasteiger partial charge is 0.307 e. The Kier molecular flexibility index (Phi) is 4.35. The molecule has 104 valence electrons. The lowest BCUT2D eigenvalue weighted by atomic mass is 9.92. The standard InChI is InChI=1S/C16H15FO3/c17-15-4-2-1-3-12(15)10-13(16(19)20)9-11-5-7-14(18)8-6-11/h1-8,13,18H,9-10H2,(H,19,20). The molecule has 0 radical (unpaired) electrons. The third-order valence-corrected chi connectivity index (χ3v) is 3.19. The van der Waals surface area contributed by atoms with E-state index in [1.165, 1.54) is 18.2 Å². The molecule has 2 N–H and O–H groups in total. The summed E-state index contributed by atoms with van der Waals surface area (Å²) in [5, 5.41) is 18.5. The van der Waals surface area contributed by atoms with Crippen molar-refractivity contribution < 1.29 is 19.4 Å². The van der Waals surface area contributed by atoms with Crippen LogP contribution in [0.4, 0.5) is 4.39 Å². The van der Waals surface area contributed by atoms with E-state index in [4.69, 9.17) is 0 Å². The van der Waals surface area contributed by atoms with Crippen LogP contribution in [0.2, 0.25) is 0 Å². The Morgan fingerprint density at radius 1 is 1.05 bits per heavy atom. The minimum Gasteiger partial charge on any atom is -0.508 e. The van der Waals surface area contributed by atoms with Gasteiger partial charge in [-0.25, -0.2) is 4.39 Å². The van der Waals surface area contributed by atoms with Crippen LogP contribution in [0, 0.1) is 11.7 Å². The highest BCUT2D eigenvalue weighted by atomic mass is 19.1. The van der Waals surface area contributed by atoms with Gasteiger partial charge in [0.05, 0.1) is 5.92 Å². The third-order valence-electron chi connectivity index (χ3n) is 3.19. The van der Waals surface area contributed by atoms with Crippen LogP contribution in [-0.2, 0) is 17.6 Å². The summed E-state index contributed by atoms with van der Waals surface area (Å²) in [5.41, 5.74) is 1.20. The first-order chi connectivity index (χ1) is 9.56. The number of phenols is 1. The molecule has 0 heterocycles. The van der Waals surface area contributed by atoms with E-state index in [0.29, 0.717) is 12.0 Å². The summed E-state index contributed by atoms with van der Waals surface area (Å²) >= 11 is 0. The summed E-state index contributed by atoms with van der Waals surface area (Å²) in [4.78, 5) is 11.3. The van der Waals surface area contributed by atoms with Gasteiger partial charge in [-0.15, -0.1) is 0 Å². The van der Waals surface area contributed by atoms with Gasteiger partial charge in [-0.1, -0.05) is 30.3 Å². The van der Waals surface area contributed by atoms with Gasteiger partial charge in [0, 0.05) is 0 Å². The number of carboxylic acid groups (broad SMARTS) is 1. The molecule has 0 amide bonds. The zero-order valence-corrected chi connectivity index (χ0v) is 10.8. The van der Waals surface area contributed by atoms with Gasteiger partial charge in [0.15, 0.2) is 0 Å². The fourth-order valence-electron chi connectivity index (χ4n) is 2.09. The van der Waals surface area contributed by atoms with Gasteiger partial charge in [0.25, 0.3) is 0 Å².